The van der Waals surface area contributed by atoms with Gasteiger partial charge in [0.05, 0.1) is 0 Å². The summed E-state index contributed by atoms with van der Waals surface area (Å²) < 4.78 is 4.99. The Hall–Kier alpha value is -1.84. The second-order valence-electron chi connectivity index (χ2n) is 3.71. The van der Waals surface area contributed by atoms with Gasteiger partial charge >= 0.3 is 6.09 Å². The van der Waals surface area contributed by atoms with Crippen molar-refractivity contribution < 1.29 is 9.53 Å². The van der Waals surface area contributed by atoms with Crippen molar-refractivity contribution in [1.82, 2.24) is 5.43 Å². The fraction of sp³-hybridized carbons (Fsp3) is 0.333. The lowest BCUT2D eigenvalue weighted by Crippen LogP contribution is -2.23. The van der Waals surface area contributed by atoms with Gasteiger partial charge in [-0.15, -0.1) is 0 Å². The Labute approximate surface area is 94.3 Å². The van der Waals surface area contributed by atoms with Crippen molar-refractivity contribution in [3.05, 3.63) is 35.9 Å². The van der Waals surface area contributed by atoms with Gasteiger partial charge in [0.25, 0.3) is 0 Å². The van der Waals surface area contributed by atoms with Crippen LogP contribution in [0.5, 0.6) is 0 Å². The maximum Gasteiger partial charge on any atom is 0.428 e. The second-order valence-corrected chi connectivity index (χ2v) is 3.71. The van der Waals surface area contributed by atoms with Crippen molar-refractivity contribution in [2.45, 2.75) is 25.9 Å². The summed E-state index contributed by atoms with van der Waals surface area (Å²) in [5.41, 5.74) is 4.39. The van der Waals surface area contributed by atoms with Crippen molar-refractivity contribution >= 4 is 11.8 Å². The van der Waals surface area contributed by atoms with Gasteiger partial charge in [0.2, 0.25) is 0 Å². The van der Waals surface area contributed by atoms with Crippen LogP contribution in [0, 0.1) is 0 Å². The zero-order valence-electron chi connectivity index (χ0n) is 8.98. The Bertz CT molecular complexity index is 381. The number of nitrogens with one attached hydrogen (secondary N) is 1. The number of hydrogen-bond acceptors (Lipinski definition) is 3. The van der Waals surface area contributed by atoms with Crippen LogP contribution in [0.15, 0.2) is 35.4 Å². The highest BCUT2D eigenvalue weighted by Crippen LogP contribution is 2.13. The summed E-state index contributed by atoms with van der Waals surface area (Å²) in [7, 11) is 0. The molecule has 4 heteroatoms. The molecule has 1 aliphatic rings. The first-order valence-corrected chi connectivity index (χ1v) is 5.37. The molecule has 84 valence electrons. The van der Waals surface area contributed by atoms with Crippen molar-refractivity contribution in [2.75, 3.05) is 0 Å². The minimum Gasteiger partial charge on any atom is -0.443 e. The Morgan fingerprint density at radius 2 is 2.06 bits per heavy atom. The predicted molar refractivity (Wildman–Crippen MR) is 61.0 cm³/mol. The Morgan fingerprint density at radius 3 is 2.69 bits per heavy atom. The van der Waals surface area contributed by atoms with Gasteiger partial charge < -0.3 is 4.74 Å². The highest BCUT2D eigenvalue weighted by Gasteiger charge is 2.10. The number of hydrazone groups is 1. The standard InChI is InChI=1S/C12H14N2O2/c15-12(14-13-11-7-4-8-11)16-9-10-5-2-1-3-6-10/h1-3,5-6H,4,7-9H2,(H,14,15). The molecule has 1 N–H and O–H groups in total. The first-order chi connectivity index (χ1) is 7.84. The van der Waals surface area contributed by atoms with E-state index in [1.807, 2.05) is 30.3 Å². The number of nitrogens with zero attached hydrogens (tertiary/aromatic N) is 1. The summed E-state index contributed by atoms with van der Waals surface area (Å²) in [4.78, 5) is 11.2. The minimum atomic E-state index is -0.497. The lowest BCUT2D eigenvalue weighted by Gasteiger charge is -2.13. The lowest BCUT2D eigenvalue weighted by molar-refractivity contribution is 0.140. The third-order valence-electron chi connectivity index (χ3n) is 2.45. The van der Waals surface area contributed by atoms with Crippen LogP contribution in [0.1, 0.15) is 24.8 Å². The zero-order valence-corrected chi connectivity index (χ0v) is 8.98. The van der Waals surface area contributed by atoms with Crippen LogP contribution in [0.25, 0.3) is 0 Å². The number of rotatable bonds is 3. The van der Waals surface area contributed by atoms with E-state index in [1.54, 1.807) is 0 Å². The third-order valence-corrected chi connectivity index (χ3v) is 2.45. The van der Waals surface area contributed by atoms with Crippen molar-refractivity contribution in [1.29, 1.82) is 0 Å². The zero-order chi connectivity index (χ0) is 11.2. The van der Waals surface area contributed by atoms with Crippen LogP contribution in [0.4, 0.5) is 4.79 Å². The average Bonchev–Trinajstić information content (AvgIpc) is 2.26. The van der Waals surface area contributed by atoms with E-state index in [0.29, 0.717) is 0 Å². The maximum absolute atomic E-state index is 11.2. The van der Waals surface area contributed by atoms with Gasteiger partial charge in [-0.2, -0.15) is 5.10 Å². The van der Waals surface area contributed by atoms with E-state index in [2.05, 4.69) is 10.5 Å². The van der Waals surface area contributed by atoms with Gasteiger partial charge in [0.15, 0.2) is 0 Å². The summed E-state index contributed by atoms with van der Waals surface area (Å²) in [6.07, 6.45) is 2.64. The number of ether oxygens (including phenoxy) is 1. The molecule has 0 aliphatic heterocycles. The summed E-state index contributed by atoms with van der Waals surface area (Å²) >= 11 is 0. The van der Waals surface area contributed by atoms with Gasteiger partial charge in [-0.25, -0.2) is 10.2 Å². The summed E-state index contributed by atoms with van der Waals surface area (Å²) in [6, 6.07) is 9.55. The third kappa shape index (κ3) is 3.08. The maximum atomic E-state index is 11.2. The highest BCUT2D eigenvalue weighted by atomic mass is 16.5. The molecule has 4 nitrogen and oxygen atoms in total. The first-order valence-electron chi connectivity index (χ1n) is 5.37. The highest BCUT2D eigenvalue weighted by molar-refractivity contribution is 5.89. The van der Waals surface area contributed by atoms with Crippen LogP contribution in [0.2, 0.25) is 0 Å². The van der Waals surface area contributed by atoms with Crippen LogP contribution >= 0.6 is 0 Å². The molecule has 0 spiro atoms. The molecule has 1 aromatic carbocycles. The molecule has 1 aliphatic carbocycles. The van der Waals surface area contributed by atoms with E-state index < -0.39 is 6.09 Å². The van der Waals surface area contributed by atoms with Gasteiger partial charge in [-0.1, -0.05) is 30.3 Å². The lowest BCUT2D eigenvalue weighted by atomic mass is 9.98. The fourth-order valence-electron chi connectivity index (χ4n) is 1.33. The van der Waals surface area contributed by atoms with Crippen LogP contribution in [0.3, 0.4) is 0 Å². The van der Waals surface area contributed by atoms with E-state index in [-0.39, 0.29) is 6.61 Å². The summed E-state index contributed by atoms with van der Waals surface area (Å²) in [5.74, 6) is 0. The van der Waals surface area contributed by atoms with E-state index in [1.165, 1.54) is 6.42 Å². The first kappa shape index (κ1) is 10.7. The largest absolute Gasteiger partial charge is 0.443 e. The molecule has 0 unspecified atom stereocenters. The van der Waals surface area contributed by atoms with E-state index in [0.717, 1.165) is 24.1 Å². The molecule has 16 heavy (non-hydrogen) atoms. The quantitative estimate of drug-likeness (QED) is 0.792. The molecule has 0 aromatic heterocycles. The smallest absolute Gasteiger partial charge is 0.428 e. The van der Waals surface area contributed by atoms with Gasteiger partial charge in [0, 0.05) is 5.71 Å². The SMILES string of the molecule is O=C(NN=C1CCC1)OCc1ccccc1. The minimum absolute atomic E-state index is 0.275. The molecule has 0 bridgehead atoms. The van der Waals surface area contributed by atoms with Gasteiger partial charge in [0.1, 0.15) is 6.61 Å². The van der Waals surface area contributed by atoms with E-state index in [9.17, 15) is 4.79 Å². The molecule has 1 fully saturated rings. The molecule has 1 aromatic rings. The van der Waals surface area contributed by atoms with Crippen LogP contribution in [-0.4, -0.2) is 11.8 Å². The van der Waals surface area contributed by atoms with Crippen LogP contribution < -0.4 is 5.43 Å². The number of carbonyl (C=O) groups is 1. The van der Waals surface area contributed by atoms with E-state index in [4.69, 9.17) is 4.74 Å². The molecule has 1 saturated carbocycles. The predicted octanol–water partition coefficient (Wildman–Crippen LogP) is 2.45. The number of benzene rings is 1. The molecule has 2 rings (SSSR count). The van der Waals surface area contributed by atoms with Gasteiger partial charge in [-0.3, -0.25) is 0 Å². The number of hydrogen-bond donors (Lipinski definition) is 1. The molecule has 0 atom stereocenters. The second kappa shape index (κ2) is 5.30. The normalized spacial score (nSPS) is 13.9. The van der Waals surface area contributed by atoms with Crippen molar-refractivity contribution in [3.8, 4) is 0 Å². The monoisotopic (exact) mass is 218 g/mol. The van der Waals surface area contributed by atoms with Crippen LogP contribution in [-0.2, 0) is 11.3 Å². The Morgan fingerprint density at radius 1 is 1.31 bits per heavy atom. The molecular weight excluding hydrogens is 204 g/mol. The molecule has 0 saturated heterocycles. The van der Waals surface area contributed by atoms with E-state index >= 15 is 0 Å². The van der Waals surface area contributed by atoms with Gasteiger partial charge in [-0.05, 0) is 24.8 Å². The van der Waals surface area contributed by atoms with Crippen molar-refractivity contribution in [3.63, 3.8) is 0 Å². The molecule has 0 radical (unpaired) electrons. The Kier molecular flexibility index (Phi) is 3.53. The Balaban J connectivity index is 1.71. The topological polar surface area (TPSA) is 50.7 Å². The summed E-state index contributed by atoms with van der Waals surface area (Å²) in [6.45, 7) is 0.275. The molecular formula is C12H14N2O2. The number of carbonyl (C=O) groups excluding carboxylic acids is 1. The summed E-state index contributed by atoms with van der Waals surface area (Å²) in [5, 5.41) is 3.93. The number of amides is 1. The molecule has 0 heterocycles. The van der Waals surface area contributed by atoms with Crippen molar-refractivity contribution in [2.24, 2.45) is 5.10 Å². The fourth-order valence-corrected chi connectivity index (χ4v) is 1.33. The molecule has 1 amide bonds. The average molecular weight is 218 g/mol.